The van der Waals surface area contributed by atoms with Gasteiger partial charge in [-0.1, -0.05) is 6.07 Å². The maximum atomic E-state index is 12.7. The van der Waals surface area contributed by atoms with Gasteiger partial charge >= 0.3 is 0 Å². The number of sulfonamides is 1. The molecule has 0 radical (unpaired) electrons. The first-order chi connectivity index (χ1) is 12.7. The molecule has 0 unspecified atom stereocenters. The number of ether oxygens (including phenoxy) is 1. The largest absolute Gasteiger partial charge is 0.384 e. The van der Waals surface area contributed by atoms with Crippen molar-refractivity contribution in [1.82, 2.24) is 14.9 Å². The van der Waals surface area contributed by atoms with Gasteiger partial charge in [-0.25, -0.2) is 8.42 Å². The molecule has 160 valence electrons. The Hall–Kier alpha value is -1.19. The molecule has 0 aromatic heterocycles. The highest BCUT2D eigenvalue weighted by Crippen LogP contribution is 2.28. The van der Waals surface area contributed by atoms with Crippen molar-refractivity contribution in [3.8, 4) is 0 Å². The van der Waals surface area contributed by atoms with Crippen LogP contribution in [-0.2, 0) is 19.6 Å². The third-order valence-corrected chi connectivity index (χ3v) is 7.13. The number of amides is 1. The Morgan fingerprint density at radius 3 is 2.46 bits per heavy atom. The normalized spacial score (nSPS) is 16.5. The third-order valence-electron chi connectivity index (χ3n) is 5.33. The molecule has 1 fully saturated rings. The van der Waals surface area contributed by atoms with Crippen LogP contribution in [0.25, 0.3) is 0 Å². The van der Waals surface area contributed by atoms with Crippen LogP contribution in [0.4, 0.5) is 0 Å². The monoisotopic (exact) mass is 433 g/mol. The Balaban J connectivity index is 0.00000392. The fourth-order valence-corrected chi connectivity index (χ4v) is 4.53. The van der Waals surface area contributed by atoms with Gasteiger partial charge in [0.25, 0.3) is 0 Å². The van der Waals surface area contributed by atoms with Crippen LogP contribution in [0, 0.1) is 19.3 Å². The lowest BCUT2D eigenvalue weighted by Gasteiger charge is -2.37. The Labute approximate surface area is 174 Å². The molecule has 9 heteroatoms. The highest BCUT2D eigenvalue weighted by molar-refractivity contribution is 7.89. The van der Waals surface area contributed by atoms with Gasteiger partial charge in [0.15, 0.2) is 0 Å². The SMILES string of the molecule is COCC1(CNC(=O)CN(C)S(=O)(=O)c2ccc(C)c(C)c2)CCNCC1.Cl. The van der Waals surface area contributed by atoms with E-state index in [2.05, 4.69) is 10.6 Å². The van der Waals surface area contributed by atoms with Gasteiger partial charge in [-0.05, 0) is 63.0 Å². The van der Waals surface area contributed by atoms with E-state index in [0.717, 1.165) is 41.4 Å². The van der Waals surface area contributed by atoms with E-state index in [1.165, 1.54) is 7.05 Å². The number of carbonyl (C=O) groups is 1. The maximum absolute atomic E-state index is 12.7. The van der Waals surface area contributed by atoms with Crippen LogP contribution >= 0.6 is 12.4 Å². The van der Waals surface area contributed by atoms with E-state index in [9.17, 15) is 13.2 Å². The quantitative estimate of drug-likeness (QED) is 0.648. The number of likely N-dealkylation sites (N-methyl/N-ethyl adjacent to an activating group) is 1. The zero-order valence-corrected chi connectivity index (χ0v) is 18.7. The standard InChI is InChI=1S/C19H31N3O4S.ClH/c1-15-5-6-17(11-16(15)2)27(24,25)22(3)12-18(23)21-13-19(14-26-4)7-9-20-10-8-19;/h5-6,11,20H,7-10,12-14H2,1-4H3,(H,21,23);1H. The van der Waals surface area contributed by atoms with E-state index in [1.807, 2.05) is 13.8 Å². The predicted octanol–water partition coefficient (Wildman–Crippen LogP) is 1.48. The van der Waals surface area contributed by atoms with E-state index >= 15 is 0 Å². The maximum Gasteiger partial charge on any atom is 0.243 e. The number of aryl methyl sites for hydroxylation is 2. The Kier molecular flexibility index (Phi) is 9.36. The summed E-state index contributed by atoms with van der Waals surface area (Å²) >= 11 is 0. The van der Waals surface area contributed by atoms with Crippen molar-refractivity contribution in [2.45, 2.75) is 31.6 Å². The smallest absolute Gasteiger partial charge is 0.243 e. The van der Waals surface area contributed by atoms with E-state index < -0.39 is 10.0 Å². The molecule has 0 saturated carbocycles. The average molecular weight is 434 g/mol. The zero-order chi connectivity index (χ0) is 20.1. The van der Waals surface area contributed by atoms with E-state index in [-0.39, 0.29) is 35.2 Å². The summed E-state index contributed by atoms with van der Waals surface area (Å²) in [6.45, 7) is 6.43. The van der Waals surface area contributed by atoms with Gasteiger partial charge in [-0.2, -0.15) is 4.31 Å². The first kappa shape index (κ1) is 24.8. The van der Waals surface area contributed by atoms with Gasteiger partial charge in [0.1, 0.15) is 0 Å². The van der Waals surface area contributed by atoms with Gasteiger partial charge in [0, 0.05) is 26.1 Å². The molecule has 1 amide bonds. The summed E-state index contributed by atoms with van der Waals surface area (Å²) in [5.41, 5.74) is 1.84. The van der Waals surface area contributed by atoms with Crippen LogP contribution in [0.5, 0.6) is 0 Å². The van der Waals surface area contributed by atoms with Crippen LogP contribution in [0.3, 0.4) is 0 Å². The molecule has 2 N–H and O–H groups in total. The van der Waals surface area contributed by atoms with Crippen molar-refractivity contribution in [3.05, 3.63) is 29.3 Å². The molecule has 2 rings (SSSR count). The second-order valence-electron chi connectivity index (χ2n) is 7.47. The number of nitrogens with one attached hydrogen (secondary N) is 2. The summed E-state index contributed by atoms with van der Waals surface area (Å²) < 4.78 is 31.9. The molecule has 0 bridgehead atoms. The summed E-state index contributed by atoms with van der Waals surface area (Å²) in [7, 11) is -0.612. The second kappa shape index (κ2) is 10.5. The van der Waals surface area contributed by atoms with Crippen molar-refractivity contribution >= 4 is 28.3 Å². The van der Waals surface area contributed by atoms with Crippen molar-refractivity contribution in [3.63, 3.8) is 0 Å². The molecule has 0 spiro atoms. The molecule has 7 nitrogen and oxygen atoms in total. The average Bonchev–Trinajstić information content (AvgIpc) is 2.63. The number of rotatable bonds is 8. The summed E-state index contributed by atoms with van der Waals surface area (Å²) in [5, 5.41) is 6.21. The minimum atomic E-state index is -3.70. The van der Waals surface area contributed by atoms with Gasteiger partial charge in [-0.15, -0.1) is 12.4 Å². The van der Waals surface area contributed by atoms with E-state index in [0.29, 0.717) is 13.2 Å². The third kappa shape index (κ3) is 6.15. The van der Waals surface area contributed by atoms with Crippen LogP contribution < -0.4 is 10.6 Å². The summed E-state index contributed by atoms with van der Waals surface area (Å²) in [6, 6.07) is 5.00. The Morgan fingerprint density at radius 2 is 1.89 bits per heavy atom. The van der Waals surface area contributed by atoms with Crippen LogP contribution in [-0.4, -0.2) is 65.6 Å². The molecule has 1 heterocycles. The first-order valence-electron chi connectivity index (χ1n) is 9.20. The molecule has 1 saturated heterocycles. The zero-order valence-electron chi connectivity index (χ0n) is 17.1. The minimum Gasteiger partial charge on any atom is -0.384 e. The summed E-state index contributed by atoms with van der Waals surface area (Å²) in [4.78, 5) is 12.6. The number of hydrogen-bond acceptors (Lipinski definition) is 5. The summed E-state index contributed by atoms with van der Waals surface area (Å²) in [5.74, 6) is -0.307. The number of nitrogens with zero attached hydrogens (tertiary/aromatic N) is 1. The lowest BCUT2D eigenvalue weighted by atomic mass is 9.79. The van der Waals surface area contributed by atoms with Crippen molar-refractivity contribution < 1.29 is 17.9 Å². The summed E-state index contributed by atoms with van der Waals surface area (Å²) in [6.07, 6.45) is 1.83. The van der Waals surface area contributed by atoms with Crippen molar-refractivity contribution in [2.24, 2.45) is 5.41 Å². The fourth-order valence-electron chi connectivity index (χ4n) is 3.32. The molecular formula is C19H32ClN3O4S. The number of hydrogen-bond donors (Lipinski definition) is 2. The minimum absolute atomic E-state index is 0. The molecular weight excluding hydrogens is 402 g/mol. The van der Waals surface area contributed by atoms with Crippen LogP contribution in [0.15, 0.2) is 23.1 Å². The second-order valence-corrected chi connectivity index (χ2v) is 9.51. The number of carbonyl (C=O) groups excluding carboxylic acids is 1. The molecule has 1 aromatic carbocycles. The fraction of sp³-hybridized carbons (Fsp3) is 0.632. The van der Waals surface area contributed by atoms with Gasteiger partial charge in [-0.3, -0.25) is 4.79 Å². The Bertz CT molecular complexity index is 759. The molecule has 1 aliphatic heterocycles. The first-order valence-corrected chi connectivity index (χ1v) is 10.6. The number of benzene rings is 1. The Morgan fingerprint density at radius 1 is 1.25 bits per heavy atom. The number of halogens is 1. The molecule has 28 heavy (non-hydrogen) atoms. The lowest BCUT2D eigenvalue weighted by molar-refractivity contribution is -0.122. The number of piperidine rings is 1. The van der Waals surface area contributed by atoms with Crippen molar-refractivity contribution in [2.75, 3.05) is 46.9 Å². The van der Waals surface area contributed by atoms with Gasteiger partial charge in [0.05, 0.1) is 18.0 Å². The molecule has 0 aliphatic carbocycles. The lowest BCUT2D eigenvalue weighted by Crippen LogP contribution is -2.48. The van der Waals surface area contributed by atoms with Crippen LogP contribution in [0.1, 0.15) is 24.0 Å². The topological polar surface area (TPSA) is 87.7 Å². The number of methoxy groups -OCH3 is 1. The highest BCUT2D eigenvalue weighted by atomic mass is 35.5. The molecule has 0 atom stereocenters. The molecule has 1 aliphatic rings. The van der Waals surface area contributed by atoms with E-state index in [4.69, 9.17) is 4.74 Å². The van der Waals surface area contributed by atoms with Crippen LogP contribution in [0.2, 0.25) is 0 Å². The predicted molar refractivity (Wildman–Crippen MR) is 112 cm³/mol. The van der Waals surface area contributed by atoms with Gasteiger partial charge < -0.3 is 15.4 Å². The highest BCUT2D eigenvalue weighted by Gasteiger charge is 2.33. The van der Waals surface area contributed by atoms with E-state index in [1.54, 1.807) is 25.3 Å². The van der Waals surface area contributed by atoms with Crippen molar-refractivity contribution in [1.29, 1.82) is 0 Å². The molecule has 1 aromatic rings. The van der Waals surface area contributed by atoms with Gasteiger partial charge in [0.2, 0.25) is 15.9 Å².